The van der Waals surface area contributed by atoms with E-state index in [1.807, 2.05) is 42.5 Å². The van der Waals surface area contributed by atoms with Crippen molar-refractivity contribution >= 4 is 16.8 Å². The standard InChI is InChI=1S/C37H39N3O3/c1-28-14-16-29(17-15-28)26-40-27-35(33-12-5-6-13-36(33)40)34(25-37(41)38-18-19-39-20-22-42-23-21-39)30-8-7-11-32(24-30)43-31-9-3-2-4-10-31/h2-17,24,27,34H,18-23,25-26H2,1H3,(H,38,41)/t34-/m1/s1. The highest BCUT2D eigenvalue weighted by atomic mass is 16.5. The lowest BCUT2D eigenvalue weighted by Gasteiger charge is -2.26. The van der Waals surface area contributed by atoms with Gasteiger partial charge in [-0.15, -0.1) is 0 Å². The number of fused-ring (bicyclic) bond motifs is 1. The molecule has 1 amide bonds. The minimum atomic E-state index is -0.146. The summed E-state index contributed by atoms with van der Waals surface area (Å²) in [5.74, 6) is 1.44. The minimum Gasteiger partial charge on any atom is -0.457 e. The molecular formula is C37H39N3O3. The molecule has 6 nitrogen and oxygen atoms in total. The normalized spacial score (nSPS) is 14.4. The number of morpholine rings is 1. The third-order valence-electron chi connectivity index (χ3n) is 8.15. The Hall–Kier alpha value is -4.39. The number of nitrogens with zero attached hydrogens (tertiary/aromatic N) is 2. The number of hydrogen-bond donors (Lipinski definition) is 1. The molecule has 43 heavy (non-hydrogen) atoms. The summed E-state index contributed by atoms with van der Waals surface area (Å²) in [6.07, 6.45) is 2.58. The van der Waals surface area contributed by atoms with E-state index in [1.165, 1.54) is 11.1 Å². The van der Waals surface area contributed by atoms with E-state index in [0.29, 0.717) is 13.0 Å². The van der Waals surface area contributed by atoms with Gasteiger partial charge in [0.05, 0.1) is 13.2 Å². The van der Waals surface area contributed by atoms with Crippen LogP contribution in [0.4, 0.5) is 0 Å². The Labute approximate surface area is 253 Å². The van der Waals surface area contributed by atoms with Crippen molar-refractivity contribution in [3.05, 3.63) is 132 Å². The van der Waals surface area contributed by atoms with Gasteiger partial charge in [-0.05, 0) is 53.9 Å². The zero-order valence-electron chi connectivity index (χ0n) is 24.7. The fourth-order valence-corrected chi connectivity index (χ4v) is 5.84. The molecular weight excluding hydrogens is 534 g/mol. The predicted octanol–water partition coefficient (Wildman–Crippen LogP) is 6.76. The molecule has 1 atom stereocenters. The van der Waals surface area contributed by atoms with Gasteiger partial charge < -0.3 is 19.4 Å². The average Bonchev–Trinajstić information content (AvgIpc) is 3.40. The number of amides is 1. The monoisotopic (exact) mass is 573 g/mol. The van der Waals surface area contributed by atoms with Crippen LogP contribution in [0.5, 0.6) is 11.5 Å². The van der Waals surface area contributed by atoms with E-state index in [4.69, 9.17) is 9.47 Å². The number of ether oxygens (including phenoxy) is 2. The molecule has 0 unspecified atom stereocenters. The van der Waals surface area contributed by atoms with Crippen LogP contribution in [0.2, 0.25) is 0 Å². The summed E-state index contributed by atoms with van der Waals surface area (Å²) >= 11 is 0. The van der Waals surface area contributed by atoms with Crippen molar-refractivity contribution in [3.63, 3.8) is 0 Å². The number of hydrogen-bond acceptors (Lipinski definition) is 4. The predicted molar refractivity (Wildman–Crippen MR) is 172 cm³/mol. The van der Waals surface area contributed by atoms with Gasteiger partial charge in [-0.2, -0.15) is 0 Å². The molecule has 1 aliphatic rings. The van der Waals surface area contributed by atoms with Gasteiger partial charge in [0, 0.05) is 62.2 Å². The number of carbonyl (C=O) groups excluding carboxylic acids is 1. The number of aromatic nitrogens is 1. The summed E-state index contributed by atoms with van der Waals surface area (Å²) in [5.41, 5.74) is 5.85. The summed E-state index contributed by atoms with van der Waals surface area (Å²) < 4.78 is 14.0. The molecule has 6 rings (SSSR count). The van der Waals surface area contributed by atoms with E-state index in [-0.39, 0.29) is 11.8 Å². The van der Waals surface area contributed by atoms with Crippen molar-refractivity contribution in [2.45, 2.75) is 25.8 Å². The molecule has 5 aromatic rings. The molecule has 0 spiro atoms. The second-order valence-corrected chi connectivity index (χ2v) is 11.3. The van der Waals surface area contributed by atoms with E-state index in [2.05, 4.69) is 88.6 Å². The van der Waals surface area contributed by atoms with E-state index in [9.17, 15) is 4.79 Å². The third-order valence-corrected chi connectivity index (χ3v) is 8.15. The van der Waals surface area contributed by atoms with Gasteiger partial charge in [-0.3, -0.25) is 9.69 Å². The van der Waals surface area contributed by atoms with Gasteiger partial charge in [-0.1, -0.05) is 78.4 Å². The highest BCUT2D eigenvalue weighted by Gasteiger charge is 2.24. The minimum absolute atomic E-state index is 0.0444. The Morgan fingerprint density at radius 1 is 0.884 bits per heavy atom. The Bertz CT molecular complexity index is 1640. The first-order valence-corrected chi connectivity index (χ1v) is 15.2. The number of carbonyl (C=O) groups is 1. The number of nitrogens with one attached hydrogen (secondary N) is 1. The van der Waals surface area contributed by atoms with Crippen molar-refractivity contribution in [2.24, 2.45) is 0 Å². The fourth-order valence-electron chi connectivity index (χ4n) is 5.84. The lowest BCUT2D eigenvalue weighted by molar-refractivity contribution is -0.121. The number of benzene rings is 4. The van der Waals surface area contributed by atoms with Crippen LogP contribution >= 0.6 is 0 Å². The summed E-state index contributed by atoms with van der Waals surface area (Å²) in [4.78, 5) is 15.8. The molecule has 1 saturated heterocycles. The van der Waals surface area contributed by atoms with Gasteiger partial charge >= 0.3 is 0 Å². The van der Waals surface area contributed by atoms with Crippen LogP contribution in [0, 0.1) is 6.92 Å². The maximum Gasteiger partial charge on any atom is 0.220 e. The molecule has 4 aromatic carbocycles. The Kier molecular flexibility index (Phi) is 9.16. The van der Waals surface area contributed by atoms with Crippen molar-refractivity contribution in [3.8, 4) is 11.5 Å². The maximum absolute atomic E-state index is 13.5. The quantitative estimate of drug-likeness (QED) is 0.190. The topological polar surface area (TPSA) is 55.7 Å². The van der Waals surface area contributed by atoms with Crippen molar-refractivity contribution in [1.82, 2.24) is 14.8 Å². The second kappa shape index (κ2) is 13.7. The summed E-state index contributed by atoms with van der Waals surface area (Å²) in [7, 11) is 0. The van der Waals surface area contributed by atoms with Crippen LogP contribution < -0.4 is 10.1 Å². The Morgan fingerprint density at radius 2 is 1.63 bits per heavy atom. The van der Waals surface area contributed by atoms with Gasteiger partial charge in [0.25, 0.3) is 0 Å². The maximum atomic E-state index is 13.5. The highest BCUT2D eigenvalue weighted by molar-refractivity contribution is 5.87. The van der Waals surface area contributed by atoms with Crippen LogP contribution in [0.3, 0.4) is 0 Å². The molecule has 0 bridgehead atoms. The lowest BCUT2D eigenvalue weighted by Crippen LogP contribution is -2.41. The fraction of sp³-hybridized carbons (Fsp3) is 0.270. The summed E-state index contributed by atoms with van der Waals surface area (Å²) in [6, 6.07) is 35.2. The van der Waals surface area contributed by atoms with E-state index < -0.39 is 0 Å². The molecule has 1 aromatic heterocycles. The number of aryl methyl sites for hydroxylation is 1. The van der Waals surface area contributed by atoms with Gasteiger partial charge in [-0.25, -0.2) is 0 Å². The molecule has 1 N–H and O–H groups in total. The molecule has 0 radical (unpaired) electrons. The average molecular weight is 574 g/mol. The van der Waals surface area contributed by atoms with E-state index in [0.717, 1.165) is 72.9 Å². The zero-order chi connectivity index (χ0) is 29.4. The molecule has 0 aliphatic carbocycles. The van der Waals surface area contributed by atoms with Crippen LogP contribution in [0.15, 0.2) is 109 Å². The van der Waals surface area contributed by atoms with Crippen LogP contribution in [-0.2, 0) is 16.1 Å². The SMILES string of the molecule is Cc1ccc(Cn2cc([C@H](CC(=O)NCCN3CCOCC3)c3cccc(Oc4ccccc4)c3)c3ccccc32)cc1. The Balaban J connectivity index is 1.30. The van der Waals surface area contributed by atoms with Crippen LogP contribution in [0.25, 0.3) is 10.9 Å². The van der Waals surface area contributed by atoms with Crippen LogP contribution in [0.1, 0.15) is 34.6 Å². The van der Waals surface area contributed by atoms with E-state index >= 15 is 0 Å². The number of para-hydroxylation sites is 2. The van der Waals surface area contributed by atoms with Crippen molar-refractivity contribution < 1.29 is 14.3 Å². The molecule has 220 valence electrons. The smallest absolute Gasteiger partial charge is 0.220 e. The molecule has 0 saturated carbocycles. The van der Waals surface area contributed by atoms with Crippen LogP contribution in [-0.4, -0.2) is 54.8 Å². The summed E-state index contributed by atoms with van der Waals surface area (Å²) in [6.45, 7) is 7.65. The first-order valence-electron chi connectivity index (χ1n) is 15.2. The highest BCUT2D eigenvalue weighted by Crippen LogP contribution is 2.37. The molecule has 1 aliphatic heterocycles. The van der Waals surface area contributed by atoms with E-state index in [1.54, 1.807) is 0 Å². The first kappa shape index (κ1) is 28.7. The number of rotatable bonds is 11. The lowest BCUT2D eigenvalue weighted by atomic mass is 9.88. The molecule has 1 fully saturated rings. The van der Waals surface area contributed by atoms with Crippen molar-refractivity contribution in [1.29, 1.82) is 0 Å². The second-order valence-electron chi connectivity index (χ2n) is 11.3. The van der Waals surface area contributed by atoms with Gasteiger partial charge in [0.15, 0.2) is 0 Å². The summed E-state index contributed by atoms with van der Waals surface area (Å²) in [5, 5.41) is 4.36. The first-order chi connectivity index (χ1) is 21.1. The van der Waals surface area contributed by atoms with Gasteiger partial charge in [0.1, 0.15) is 11.5 Å². The largest absolute Gasteiger partial charge is 0.457 e. The third kappa shape index (κ3) is 7.34. The Morgan fingerprint density at radius 3 is 2.44 bits per heavy atom. The zero-order valence-corrected chi connectivity index (χ0v) is 24.7. The molecule has 2 heterocycles. The van der Waals surface area contributed by atoms with Gasteiger partial charge in [0.2, 0.25) is 5.91 Å². The molecule has 6 heteroatoms. The van der Waals surface area contributed by atoms with Crippen molar-refractivity contribution in [2.75, 3.05) is 39.4 Å².